The zero-order valence-electron chi connectivity index (χ0n) is 10.1. The average molecular weight is 213 g/mol. The molecule has 1 aliphatic heterocycles. The molecule has 0 bridgehead atoms. The Hall–Kier alpha value is -0.120. The monoisotopic (exact) mass is 213 g/mol. The Kier molecular flexibility index (Phi) is 3.33. The van der Waals surface area contributed by atoms with E-state index < -0.39 is 0 Å². The summed E-state index contributed by atoms with van der Waals surface area (Å²) in [5, 5.41) is 3.61. The van der Waals surface area contributed by atoms with Gasteiger partial charge in [0.2, 0.25) is 0 Å². The van der Waals surface area contributed by atoms with Gasteiger partial charge < -0.3 is 14.8 Å². The third-order valence-corrected chi connectivity index (χ3v) is 4.08. The topological polar surface area (TPSA) is 30.5 Å². The lowest BCUT2D eigenvalue weighted by Crippen LogP contribution is -2.61. The van der Waals surface area contributed by atoms with Crippen LogP contribution in [-0.4, -0.2) is 38.5 Å². The van der Waals surface area contributed by atoms with Crippen LogP contribution in [0.5, 0.6) is 0 Å². The van der Waals surface area contributed by atoms with Crippen LogP contribution in [0.3, 0.4) is 0 Å². The number of ether oxygens (including phenoxy) is 2. The average Bonchev–Trinajstić information content (AvgIpc) is 2.69. The van der Waals surface area contributed by atoms with Gasteiger partial charge in [0.15, 0.2) is 0 Å². The molecule has 2 fully saturated rings. The van der Waals surface area contributed by atoms with E-state index in [1.54, 1.807) is 0 Å². The first-order valence-electron chi connectivity index (χ1n) is 6.02. The molecule has 0 amide bonds. The SMILES string of the molecule is COC1CC(NCC2CCCO2)C1(C)C. The van der Waals surface area contributed by atoms with Crippen molar-refractivity contribution in [3.05, 3.63) is 0 Å². The van der Waals surface area contributed by atoms with Crippen LogP contribution in [0.2, 0.25) is 0 Å². The normalized spacial score (nSPS) is 39.0. The fourth-order valence-electron chi connectivity index (χ4n) is 2.71. The Balaban J connectivity index is 1.72. The molecule has 88 valence electrons. The Bertz CT molecular complexity index is 212. The fourth-order valence-corrected chi connectivity index (χ4v) is 2.71. The maximum Gasteiger partial charge on any atom is 0.0700 e. The predicted octanol–water partition coefficient (Wildman–Crippen LogP) is 1.57. The Morgan fingerprint density at radius 3 is 2.80 bits per heavy atom. The molecule has 0 aromatic rings. The number of hydrogen-bond acceptors (Lipinski definition) is 3. The fraction of sp³-hybridized carbons (Fsp3) is 1.00. The molecule has 0 radical (unpaired) electrons. The summed E-state index contributed by atoms with van der Waals surface area (Å²) in [6.07, 6.45) is 4.44. The van der Waals surface area contributed by atoms with E-state index in [0.717, 1.165) is 19.6 Å². The van der Waals surface area contributed by atoms with Crippen molar-refractivity contribution in [1.82, 2.24) is 5.32 Å². The van der Waals surface area contributed by atoms with E-state index >= 15 is 0 Å². The van der Waals surface area contributed by atoms with Gasteiger partial charge in [-0.2, -0.15) is 0 Å². The molecular weight excluding hydrogens is 190 g/mol. The maximum atomic E-state index is 5.60. The van der Waals surface area contributed by atoms with E-state index in [2.05, 4.69) is 19.2 Å². The smallest absolute Gasteiger partial charge is 0.0700 e. The number of nitrogens with one attached hydrogen (secondary N) is 1. The van der Waals surface area contributed by atoms with Crippen molar-refractivity contribution in [1.29, 1.82) is 0 Å². The second-order valence-corrected chi connectivity index (χ2v) is 5.38. The van der Waals surface area contributed by atoms with Crippen LogP contribution in [-0.2, 0) is 9.47 Å². The quantitative estimate of drug-likeness (QED) is 0.769. The minimum atomic E-state index is 0.271. The van der Waals surface area contributed by atoms with E-state index in [4.69, 9.17) is 9.47 Å². The van der Waals surface area contributed by atoms with Crippen molar-refractivity contribution in [2.45, 2.75) is 51.4 Å². The van der Waals surface area contributed by atoms with Gasteiger partial charge in [0.25, 0.3) is 0 Å². The standard InChI is InChI=1S/C12H23NO2/c1-12(2)10(7-11(12)14-3)13-8-9-5-4-6-15-9/h9-11,13H,4-8H2,1-3H3. The molecule has 15 heavy (non-hydrogen) atoms. The second-order valence-electron chi connectivity index (χ2n) is 5.38. The van der Waals surface area contributed by atoms with Gasteiger partial charge in [0.05, 0.1) is 12.2 Å². The van der Waals surface area contributed by atoms with Gasteiger partial charge in [-0.25, -0.2) is 0 Å². The highest BCUT2D eigenvalue weighted by Crippen LogP contribution is 2.42. The third-order valence-electron chi connectivity index (χ3n) is 4.08. The van der Waals surface area contributed by atoms with Gasteiger partial charge in [0.1, 0.15) is 0 Å². The molecular formula is C12H23NO2. The molecule has 0 spiro atoms. The molecule has 1 saturated carbocycles. The highest BCUT2D eigenvalue weighted by Gasteiger charge is 2.48. The predicted molar refractivity (Wildman–Crippen MR) is 60.0 cm³/mol. The van der Waals surface area contributed by atoms with Gasteiger partial charge >= 0.3 is 0 Å². The summed E-state index contributed by atoms with van der Waals surface area (Å²) in [7, 11) is 1.81. The van der Waals surface area contributed by atoms with Crippen LogP contribution in [0.1, 0.15) is 33.1 Å². The number of rotatable bonds is 4. The summed E-state index contributed by atoms with van der Waals surface area (Å²) < 4.78 is 11.0. The van der Waals surface area contributed by atoms with Crippen LogP contribution in [0.25, 0.3) is 0 Å². The van der Waals surface area contributed by atoms with Gasteiger partial charge in [-0.15, -0.1) is 0 Å². The van der Waals surface area contributed by atoms with Crippen LogP contribution < -0.4 is 5.32 Å². The second kappa shape index (κ2) is 4.40. The molecule has 0 aromatic heterocycles. The van der Waals surface area contributed by atoms with Crippen molar-refractivity contribution in [3.63, 3.8) is 0 Å². The highest BCUT2D eigenvalue weighted by molar-refractivity contribution is 5.02. The van der Waals surface area contributed by atoms with Gasteiger partial charge in [-0.05, 0) is 19.3 Å². The Labute approximate surface area is 92.5 Å². The minimum absolute atomic E-state index is 0.271. The number of hydrogen-bond donors (Lipinski definition) is 1. The summed E-state index contributed by atoms with van der Waals surface area (Å²) in [5.74, 6) is 0. The first-order valence-corrected chi connectivity index (χ1v) is 6.02. The first kappa shape index (κ1) is 11.4. The van der Waals surface area contributed by atoms with Crippen molar-refractivity contribution >= 4 is 0 Å². The largest absolute Gasteiger partial charge is 0.381 e. The Morgan fingerprint density at radius 2 is 2.27 bits per heavy atom. The van der Waals surface area contributed by atoms with Crippen LogP contribution in [0, 0.1) is 5.41 Å². The third kappa shape index (κ3) is 2.19. The van der Waals surface area contributed by atoms with Gasteiger partial charge in [-0.1, -0.05) is 13.8 Å². The number of methoxy groups -OCH3 is 1. The van der Waals surface area contributed by atoms with Crippen LogP contribution in [0.15, 0.2) is 0 Å². The van der Waals surface area contributed by atoms with Crippen molar-refractivity contribution in [3.8, 4) is 0 Å². The molecule has 2 rings (SSSR count). The summed E-state index contributed by atoms with van der Waals surface area (Å²) in [5.41, 5.74) is 0.271. The lowest BCUT2D eigenvalue weighted by atomic mass is 9.64. The van der Waals surface area contributed by atoms with E-state index in [1.807, 2.05) is 7.11 Å². The molecule has 1 heterocycles. The molecule has 1 saturated heterocycles. The zero-order chi connectivity index (χ0) is 10.9. The summed E-state index contributed by atoms with van der Waals surface area (Å²) in [6, 6.07) is 0.589. The van der Waals surface area contributed by atoms with E-state index in [9.17, 15) is 0 Å². The lowest BCUT2D eigenvalue weighted by Gasteiger charge is -2.51. The van der Waals surface area contributed by atoms with Gasteiger partial charge in [0, 0.05) is 31.7 Å². The molecule has 3 atom stereocenters. The highest BCUT2D eigenvalue weighted by atomic mass is 16.5. The molecule has 2 aliphatic rings. The van der Waals surface area contributed by atoms with Crippen molar-refractivity contribution in [2.24, 2.45) is 5.41 Å². The molecule has 3 unspecified atom stereocenters. The van der Waals surface area contributed by atoms with Crippen molar-refractivity contribution < 1.29 is 9.47 Å². The first-order chi connectivity index (χ1) is 7.14. The maximum absolute atomic E-state index is 5.60. The van der Waals surface area contributed by atoms with Crippen LogP contribution >= 0.6 is 0 Å². The molecule has 3 heteroatoms. The minimum Gasteiger partial charge on any atom is -0.381 e. The van der Waals surface area contributed by atoms with E-state index in [1.165, 1.54) is 12.8 Å². The van der Waals surface area contributed by atoms with E-state index in [0.29, 0.717) is 18.2 Å². The summed E-state index contributed by atoms with van der Waals surface area (Å²) in [4.78, 5) is 0. The van der Waals surface area contributed by atoms with Crippen molar-refractivity contribution in [2.75, 3.05) is 20.3 Å². The molecule has 1 aliphatic carbocycles. The molecule has 0 aromatic carbocycles. The Morgan fingerprint density at radius 1 is 1.47 bits per heavy atom. The summed E-state index contributed by atoms with van der Waals surface area (Å²) >= 11 is 0. The molecule has 1 N–H and O–H groups in total. The summed E-state index contributed by atoms with van der Waals surface area (Å²) in [6.45, 7) is 6.50. The van der Waals surface area contributed by atoms with Gasteiger partial charge in [-0.3, -0.25) is 0 Å². The molecule has 3 nitrogen and oxygen atoms in total. The van der Waals surface area contributed by atoms with Crippen LogP contribution in [0.4, 0.5) is 0 Å². The zero-order valence-corrected chi connectivity index (χ0v) is 10.1. The van der Waals surface area contributed by atoms with E-state index in [-0.39, 0.29) is 5.41 Å². The lowest BCUT2D eigenvalue weighted by molar-refractivity contribution is -0.0994.